The van der Waals surface area contributed by atoms with E-state index in [1.807, 2.05) is 36.2 Å². The van der Waals surface area contributed by atoms with Crippen LogP contribution < -0.4 is 5.32 Å². The zero-order chi connectivity index (χ0) is 14.3. The Bertz CT molecular complexity index is 386. The molecule has 0 saturated carbocycles. The third kappa shape index (κ3) is 4.58. The number of rotatable bonds is 7. The van der Waals surface area contributed by atoms with E-state index in [4.69, 9.17) is 0 Å². The second kappa shape index (κ2) is 7.82. The van der Waals surface area contributed by atoms with Crippen LogP contribution in [0.25, 0.3) is 0 Å². The van der Waals surface area contributed by atoms with Crippen LogP contribution in [0, 0.1) is 0 Å². The van der Waals surface area contributed by atoms with Crippen molar-refractivity contribution in [2.24, 2.45) is 0 Å². The number of nitrogens with zero attached hydrogens (tertiary/aromatic N) is 1. The van der Waals surface area contributed by atoms with Crippen LogP contribution in [0.4, 0.5) is 5.69 Å². The lowest BCUT2D eigenvalue weighted by Crippen LogP contribution is -2.34. The van der Waals surface area contributed by atoms with Crippen LogP contribution in [0.3, 0.4) is 0 Å². The van der Waals surface area contributed by atoms with Crippen molar-refractivity contribution in [3.05, 3.63) is 29.8 Å². The first-order valence-corrected chi connectivity index (χ1v) is 7.21. The van der Waals surface area contributed by atoms with Crippen molar-refractivity contribution in [2.45, 2.75) is 46.1 Å². The van der Waals surface area contributed by atoms with E-state index in [-0.39, 0.29) is 11.9 Å². The first-order valence-electron chi connectivity index (χ1n) is 7.21. The van der Waals surface area contributed by atoms with Gasteiger partial charge in [0.05, 0.1) is 0 Å². The van der Waals surface area contributed by atoms with Crippen LogP contribution in [0.1, 0.15) is 50.4 Å². The lowest BCUT2D eigenvalue weighted by atomic mass is 10.1. The lowest BCUT2D eigenvalue weighted by Gasteiger charge is -2.24. The number of benzene rings is 1. The van der Waals surface area contributed by atoms with E-state index in [1.54, 1.807) is 0 Å². The van der Waals surface area contributed by atoms with Crippen LogP contribution in [0.2, 0.25) is 0 Å². The molecule has 1 aromatic rings. The quantitative estimate of drug-likeness (QED) is 0.811. The number of anilines is 1. The van der Waals surface area contributed by atoms with E-state index in [0.29, 0.717) is 0 Å². The van der Waals surface area contributed by atoms with E-state index < -0.39 is 0 Å². The maximum atomic E-state index is 12.3. The molecular formula is C16H26N2O. The third-order valence-corrected chi connectivity index (χ3v) is 3.40. The van der Waals surface area contributed by atoms with Crippen LogP contribution in [-0.2, 0) is 0 Å². The van der Waals surface area contributed by atoms with Crippen molar-refractivity contribution < 1.29 is 4.79 Å². The second-order valence-electron chi connectivity index (χ2n) is 5.06. The van der Waals surface area contributed by atoms with Crippen molar-refractivity contribution in [2.75, 3.05) is 18.9 Å². The largest absolute Gasteiger partial charge is 0.385 e. The fourth-order valence-corrected chi connectivity index (χ4v) is 2.02. The lowest BCUT2D eigenvalue weighted by molar-refractivity contribution is 0.0737. The summed E-state index contributed by atoms with van der Waals surface area (Å²) in [6, 6.07) is 8.03. The molecule has 0 saturated heterocycles. The molecule has 0 aliphatic carbocycles. The number of nitrogens with one attached hydrogen (secondary N) is 1. The molecule has 0 aliphatic heterocycles. The molecule has 0 radical (unpaired) electrons. The summed E-state index contributed by atoms with van der Waals surface area (Å²) in [5.41, 5.74) is 1.83. The van der Waals surface area contributed by atoms with Crippen molar-refractivity contribution in [3.63, 3.8) is 0 Å². The zero-order valence-corrected chi connectivity index (χ0v) is 12.6. The highest BCUT2D eigenvalue weighted by Crippen LogP contribution is 2.13. The Morgan fingerprint density at radius 3 is 2.37 bits per heavy atom. The van der Waals surface area contributed by atoms with Gasteiger partial charge < -0.3 is 10.2 Å². The van der Waals surface area contributed by atoms with Gasteiger partial charge in [0.15, 0.2) is 0 Å². The van der Waals surface area contributed by atoms with Gasteiger partial charge in [0.1, 0.15) is 0 Å². The molecule has 3 nitrogen and oxygen atoms in total. The molecule has 19 heavy (non-hydrogen) atoms. The van der Waals surface area contributed by atoms with E-state index in [2.05, 4.69) is 26.1 Å². The minimum atomic E-state index is 0.1000. The van der Waals surface area contributed by atoms with Crippen molar-refractivity contribution in [1.29, 1.82) is 0 Å². The smallest absolute Gasteiger partial charge is 0.253 e. The van der Waals surface area contributed by atoms with Crippen molar-refractivity contribution >= 4 is 11.6 Å². The van der Waals surface area contributed by atoms with Gasteiger partial charge >= 0.3 is 0 Å². The van der Waals surface area contributed by atoms with E-state index >= 15 is 0 Å². The molecule has 1 rings (SSSR count). The Morgan fingerprint density at radius 1 is 1.21 bits per heavy atom. The topological polar surface area (TPSA) is 32.3 Å². The number of hydrogen-bond acceptors (Lipinski definition) is 2. The van der Waals surface area contributed by atoms with Gasteiger partial charge in [0, 0.05) is 30.9 Å². The normalized spacial score (nSPS) is 12.0. The van der Waals surface area contributed by atoms with Gasteiger partial charge in [0.2, 0.25) is 0 Å². The number of amides is 1. The number of carbonyl (C=O) groups excluding carboxylic acids is 1. The molecule has 1 amide bonds. The molecule has 0 bridgehead atoms. The molecule has 0 aliphatic rings. The minimum Gasteiger partial charge on any atom is -0.385 e. The highest BCUT2D eigenvalue weighted by molar-refractivity contribution is 5.94. The molecule has 3 heteroatoms. The first kappa shape index (κ1) is 15.5. The Hall–Kier alpha value is -1.51. The molecule has 1 aromatic carbocycles. The standard InChI is InChI=1S/C16H26N2O/c1-5-7-13(3)18(4)16(19)14-8-10-15(11-9-14)17-12-6-2/h8-11,13,17H,5-7,12H2,1-4H3. The highest BCUT2D eigenvalue weighted by atomic mass is 16.2. The molecule has 0 heterocycles. The van der Waals surface area contributed by atoms with Crippen molar-refractivity contribution in [1.82, 2.24) is 4.90 Å². The van der Waals surface area contributed by atoms with Gasteiger partial charge in [-0.1, -0.05) is 20.3 Å². The Labute approximate surface area is 117 Å². The van der Waals surface area contributed by atoms with Crippen LogP contribution in [0.5, 0.6) is 0 Å². The van der Waals surface area contributed by atoms with E-state index in [1.165, 1.54) is 0 Å². The van der Waals surface area contributed by atoms with Crippen LogP contribution >= 0.6 is 0 Å². The van der Waals surface area contributed by atoms with Gasteiger partial charge in [-0.2, -0.15) is 0 Å². The maximum Gasteiger partial charge on any atom is 0.253 e. The third-order valence-electron chi connectivity index (χ3n) is 3.40. The van der Waals surface area contributed by atoms with Gasteiger partial charge in [-0.3, -0.25) is 4.79 Å². The molecule has 106 valence electrons. The Balaban J connectivity index is 2.66. The molecule has 1 unspecified atom stereocenters. The summed E-state index contributed by atoms with van der Waals surface area (Å²) < 4.78 is 0. The Kier molecular flexibility index (Phi) is 6.40. The molecule has 1 N–H and O–H groups in total. The summed E-state index contributed by atoms with van der Waals surface area (Å²) in [4.78, 5) is 14.1. The Morgan fingerprint density at radius 2 is 1.84 bits per heavy atom. The number of hydrogen-bond donors (Lipinski definition) is 1. The zero-order valence-electron chi connectivity index (χ0n) is 12.6. The SMILES string of the molecule is CCCNc1ccc(C(=O)N(C)C(C)CCC)cc1. The first-order chi connectivity index (χ1) is 9.10. The average molecular weight is 262 g/mol. The van der Waals surface area contributed by atoms with E-state index in [9.17, 15) is 4.79 Å². The summed E-state index contributed by atoms with van der Waals surface area (Å²) in [6.45, 7) is 7.33. The maximum absolute atomic E-state index is 12.3. The molecule has 0 fully saturated rings. The molecular weight excluding hydrogens is 236 g/mol. The summed E-state index contributed by atoms with van der Waals surface area (Å²) in [5.74, 6) is 0.1000. The fourth-order valence-electron chi connectivity index (χ4n) is 2.02. The minimum absolute atomic E-state index is 0.1000. The van der Waals surface area contributed by atoms with Crippen LogP contribution in [-0.4, -0.2) is 30.4 Å². The van der Waals surface area contributed by atoms with Gasteiger partial charge in [-0.15, -0.1) is 0 Å². The predicted molar refractivity (Wildman–Crippen MR) is 81.7 cm³/mol. The van der Waals surface area contributed by atoms with E-state index in [0.717, 1.165) is 37.1 Å². The summed E-state index contributed by atoms with van der Waals surface area (Å²) in [6.07, 6.45) is 3.23. The fraction of sp³-hybridized carbons (Fsp3) is 0.562. The summed E-state index contributed by atoms with van der Waals surface area (Å²) in [5, 5.41) is 3.31. The van der Waals surface area contributed by atoms with Gasteiger partial charge in [0.25, 0.3) is 5.91 Å². The monoisotopic (exact) mass is 262 g/mol. The van der Waals surface area contributed by atoms with Gasteiger partial charge in [-0.05, 0) is 44.0 Å². The number of carbonyl (C=O) groups is 1. The summed E-state index contributed by atoms with van der Waals surface area (Å²) >= 11 is 0. The summed E-state index contributed by atoms with van der Waals surface area (Å²) in [7, 11) is 1.88. The van der Waals surface area contributed by atoms with Crippen LogP contribution in [0.15, 0.2) is 24.3 Å². The highest BCUT2D eigenvalue weighted by Gasteiger charge is 2.16. The molecule has 0 aromatic heterocycles. The van der Waals surface area contributed by atoms with Gasteiger partial charge in [-0.25, -0.2) is 0 Å². The predicted octanol–water partition coefficient (Wildman–Crippen LogP) is 3.77. The van der Waals surface area contributed by atoms with Crippen molar-refractivity contribution in [3.8, 4) is 0 Å². The molecule has 1 atom stereocenters. The molecule has 0 spiro atoms. The second-order valence-corrected chi connectivity index (χ2v) is 5.06. The average Bonchev–Trinajstić information content (AvgIpc) is 2.44.